The Bertz CT molecular complexity index is 735. The van der Waals surface area contributed by atoms with E-state index < -0.39 is 15.8 Å². The molecule has 2 unspecified atom stereocenters. The molecule has 1 aromatic heterocycles. The van der Waals surface area contributed by atoms with Gasteiger partial charge < -0.3 is 9.80 Å². The van der Waals surface area contributed by atoms with Gasteiger partial charge in [0.05, 0.1) is 29.7 Å². The number of hydrogen-bond acceptors (Lipinski definition) is 5. The minimum absolute atomic E-state index is 0.0214. The maximum atomic E-state index is 12.6. The van der Waals surface area contributed by atoms with Crippen molar-refractivity contribution in [3.8, 4) is 0 Å². The molecule has 2 aliphatic rings. The van der Waals surface area contributed by atoms with Crippen molar-refractivity contribution in [3.63, 3.8) is 0 Å². The number of rotatable bonds is 4. The zero-order valence-corrected chi connectivity index (χ0v) is 14.4. The molecule has 0 saturated carbocycles. The van der Waals surface area contributed by atoms with Crippen molar-refractivity contribution in [3.05, 3.63) is 30.1 Å². The highest BCUT2D eigenvalue weighted by molar-refractivity contribution is 7.91. The fraction of sp³-hybridized carbons (Fsp3) is 0.562. The average Bonchev–Trinajstić information content (AvgIpc) is 3.10. The quantitative estimate of drug-likeness (QED) is 0.766. The summed E-state index contributed by atoms with van der Waals surface area (Å²) in [5.41, 5.74) is 0.786. The van der Waals surface area contributed by atoms with Crippen LogP contribution in [0.25, 0.3) is 0 Å². The summed E-state index contributed by atoms with van der Waals surface area (Å²) in [5.74, 6) is -0.465. The molecule has 24 heavy (non-hydrogen) atoms. The Morgan fingerprint density at radius 3 is 2.83 bits per heavy atom. The molecule has 2 aliphatic heterocycles. The van der Waals surface area contributed by atoms with E-state index in [4.69, 9.17) is 0 Å². The normalized spacial score (nSPS) is 25.9. The third kappa shape index (κ3) is 3.58. The average molecular weight is 351 g/mol. The minimum Gasteiger partial charge on any atom is -0.341 e. The molecular formula is C16H21N3O4S. The Morgan fingerprint density at radius 1 is 1.42 bits per heavy atom. The highest BCUT2D eigenvalue weighted by atomic mass is 32.2. The number of aromatic nitrogens is 1. The Labute approximate surface area is 141 Å². The van der Waals surface area contributed by atoms with Crippen LogP contribution < -0.4 is 0 Å². The van der Waals surface area contributed by atoms with E-state index in [1.54, 1.807) is 18.1 Å². The lowest BCUT2D eigenvalue weighted by atomic mass is 10.1. The molecule has 0 radical (unpaired) electrons. The molecule has 0 aromatic carbocycles. The third-order valence-corrected chi connectivity index (χ3v) is 6.50. The second-order valence-electron chi connectivity index (χ2n) is 6.50. The number of carbonyl (C=O) groups is 2. The highest BCUT2D eigenvalue weighted by Gasteiger charge is 2.39. The molecule has 2 atom stereocenters. The van der Waals surface area contributed by atoms with Crippen LogP contribution in [-0.2, 0) is 26.0 Å². The number of pyridine rings is 1. The molecule has 0 aliphatic carbocycles. The van der Waals surface area contributed by atoms with E-state index in [2.05, 4.69) is 4.98 Å². The molecule has 8 heteroatoms. The van der Waals surface area contributed by atoms with Gasteiger partial charge in [0.25, 0.3) is 0 Å². The van der Waals surface area contributed by atoms with Gasteiger partial charge in [-0.2, -0.15) is 0 Å². The van der Waals surface area contributed by atoms with Gasteiger partial charge in [-0.3, -0.25) is 14.6 Å². The van der Waals surface area contributed by atoms with E-state index in [1.807, 2.05) is 18.2 Å². The molecule has 0 bridgehead atoms. The summed E-state index contributed by atoms with van der Waals surface area (Å²) in [6.45, 7) is 0.753. The molecule has 2 saturated heterocycles. The van der Waals surface area contributed by atoms with Crippen molar-refractivity contribution >= 4 is 21.7 Å². The molecule has 2 amide bonds. The standard InChI is InChI=1S/C16H21N3O4S/c1-18(14-5-7-24(22,23)11-14)16(21)12-8-15(20)19(9-12)10-13-4-2-3-6-17-13/h2-4,6,12,14H,5,7-11H2,1H3. The zero-order valence-electron chi connectivity index (χ0n) is 13.6. The summed E-state index contributed by atoms with van der Waals surface area (Å²) in [7, 11) is -1.40. The zero-order chi connectivity index (χ0) is 17.3. The van der Waals surface area contributed by atoms with E-state index in [1.165, 1.54) is 4.90 Å². The van der Waals surface area contributed by atoms with Gasteiger partial charge in [-0.15, -0.1) is 0 Å². The molecular weight excluding hydrogens is 330 g/mol. The molecule has 0 spiro atoms. The van der Waals surface area contributed by atoms with Crippen LogP contribution in [0.2, 0.25) is 0 Å². The maximum Gasteiger partial charge on any atom is 0.228 e. The third-order valence-electron chi connectivity index (χ3n) is 4.75. The summed E-state index contributed by atoms with van der Waals surface area (Å²) < 4.78 is 23.2. The Hall–Kier alpha value is -1.96. The van der Waals surface area contributed by atoms with Gasteiger partial charge in [0.2, 0.25) is 11.8 Å². The van der Waals surface area contributed by atoms with Crippen molar-refractivity contribution in [1.29, 1.82) is 0 Å². The Balaban J connectivity index is 1.61. The SMILES string of the molecule is CN(C(=O)C1CC(=O)N(Cc2ccccn2)C1)C1CCS(=O)(=O)C1. The first-order chi connectivity index (χ1) is 11.4. The molecule has 3 rings (SSSR count). The monoisotopic (exact) mass is 351 g/mol. The van der Waals surface area contributed by atoms with Crippen LogP contribution in [-0.4, -0.2) is 66.2 Å². The lowest BCUT2D eigenvalue weighted by Gasteiger charge is -2.26. The topological polar surface area (TPSA) is 87.7 Å². The first kappa shape index (κ1) is 16.9. The smallest absolute Gasteiger partial charge is 0.228 e. The van der Waals surface area contributed by atoms with Gasteiger partial charge in [0, 0.05) is 32.3 Å². The van der Waals surface area contributed by atoms with Crippen molar-refractivity contribution in [2.24, 2.45) is 5.92 Å². The summed E-state index contributed by atoms with van der Waals surface area (Å²) in [6, 6.07) is 5.24. The van der Waals surface area contributed by atoms with Crippen molar-refractivity contribution in [2.75, 3.05) is 25.1 Å². The number of carbonyl (C=O) groups excluding carboxylic acids is 2. The fourth-order valence-corrected chi connectivity index (χ4v) is 5.10. The number of sulfone groups is 1. The van der Waals surface area contributed by atoms with E-state index in [9.17, 15) is 18.0 Å². The van der Waals surface area contributed by atoms with Crippen LogP contribution in [0.1, 0.15) is 18.5 Å². The number of likely N-dealkylation sites (tertiary alicyclic amines) is 1. The van der Waals surface area contributed by atoms with Gasteiger partial charge in [0.1, 0.15) is 0 Å². The summed E-state index contributed by atoms with van der Waals surface area (Å²) in [6.07, 6.45) is 2.32. The second kappa shape index (κ2) is 6.51. The predicted octanol–water partition coefficient (Wildman–Crippen LogP) is 0.0756. The van der Waals surface area contributed by atoms with Gasteiger partial charge in [-0.1, -0.05) is 6.07 Å². The molecule has 130 valence electrons. The van der Waals surface area contributed by atoms with Gasteiger partial charge >= 0.3 is 0 Å². The van der Waals surface area contributed by atoms with Crippen LogP contribution in [0.5, 0.6) is 0 Å². The van der Waals surface area contributed by atoms with Crippen molar-refractivity contribution < 1.29 is 18.0 Å². The second-order valence-corrected chi connectivity index (χ2v) is 8.73. The van der Waals surface area contributed by atoms with Crippen LogP contribution in [0, 0.1) is 5.92 Å². The predicted molar refractivity (Wildman–Crippen MR) is 87.6 cm³/mol. The van der Waals surface area contributed by atoms with Crippen LogP contribution in [0.4, 0.5) is 0 Å². The maximum absolute atomic E-state index is 12.6. The lowest BCUT2D eigenvalue weighted by Crippen LogP contribution is -2.42. The van der Waals surface area contributed by atoms with Crippen molar-refractivity contribution in [2.45, 2.75) is 25.4 Å². The summed E-state index contributed by atoms with van der Waals surface area (Å²) in [5, 5.41) is 0. The van der Waals surface area contributed by atoms with Gasteiger partial charge in [-0.05, 0) is 18.6 Å². The largest absolute Gasteiger partial charge is 0.341 e. The fourth-order valence-electron chi connectivity index (χ4n) is 3.33. The number of amides is 2. The van der Waals surface area contributed by atoms with Gasteiger partial charge in [0.15, 0.2) is 9.84 Å². The first-order valence-corrected chi connectivity index (χ1v) is 9.82. The Kier molecular flexibility index (Phi) is 4.58. The van der Waals surface area contributed by atoms with Gasteiger partial charge in [-0.25, -0.2) is 8.42 Å². The van der Waals surface area contributed by atoms with E-state index >= 15 is 0 Å². The van der Waals surface area contributed by atoms with E-state index in [-0.39, 0.29) is 35.8 Å². The number of hydrogen-bond donors (Lipinski definition) is 0. The highest BCUT2D eigenvalue weighted by Crippen LogP contribution is 2.24. The van der Waals surface area contributed by atoms with Crippen LogP contribution >= 0.6 is 0 Å². The molecule has 3 heterocycles. The summed E-state index contributed by atoms with van der Waals surface area (Å²) >= 11 is 0. The minimum atomic E-state index is -3.04. The van der Waals surface area contributed by atoms with E-state index in [0.29, 0.717) is 19.5 Å². The van der Waals surface area contributed by atoms with Crippen LogP contribution in [0.3, 0.4) is 0 Å². The Morgan fingerprint density at radius 2 is 2.21 bits per heavy atom. The van der Waals surface area contributed by atoms with E-state index in [0.717, 1.165) is 5.69 Å². The molecule has 7 nitrogen and oxygen atoms in total. The number of nitrogens with zero attached hydrogens (tertiary/aromatic N) is 3. The first-order valence-electron chi connectivity index (χ1n) is 8.00. The molecule has 1 aromatic rings. The molecule has 0 N–H and O–H groups in total. The lowest BCUT2D eigenvalue weighted by molar-refractivity contribution is -0.136. The summed E-state index contributed by atoms with van der Waals surface area (Å²) in [4.78, 5) is 32.2. The van der Waals surface area contributed by atoms with Crippen LogP contribution in [0.15, 0.2) is 24.4 Å². The van der Waals surface area contributed by atoms with Crippen molar-refractivity contribution in [1.82, 2.24) is 14.8 Å². The molecule has 2 fully saturated rings.